The van der Waals surface area contributed by atoms with Crippen LogP contribution in [-0.4, -0.2) is 13.8 Å². The smallest absolute Gasteiger partial charge is 0.122 e. The standard InChI is InChI=1S/C11H18N2O/c1-7-5-10(14-4)8(2)9(3)11(7)13-6-12/h5,13H,6,12H2,1-4H3. The molecule has 3 nitrogen and oxygen atoms in total. The molecule has 0 radical (unpaired) electrons. The molecule has 14 heavy (non-hydrogen) atoms. The lowest BCUT2D eigenvalue weighted by Crippen LogP contribution is -2.13. The molecule has 0 saturated carbocycles. The van der Waals surface area contributed by atoms with Crippen molar-refractivity contribution in [2.75, 3.05) is 19.1 Å². The van der Waals surface area contributed by atoms with Gasteiger partial charge in [0.2, 0.25) is 0 Å². The van der Waals surface area contributed by atoms with Crippen molar-refractivity contribution in [1.29, 1.82) is 0 Å². The van der Waals surface area contributed by atoms with E-state index in [1.165, 1.54) is 5.56 Å². The van der Waals surface area contributed by atoms with E-state index in [0.717, 1.165) is 22.6 Å². The summed E-state index contributed by atoms with van der Waals surface area (Å²) < 4.78 is 5.28. The maximum Gasteiger partial charge on any atom is 0.122 e. The van der Waals surface area contributed by atoms with E-state index < -0.39 is 0 Å². The number of hydrogen-bond acceptors (Lipinski definition) is 3. The van der Waals surface area contributed by atoms with E-state index in [1.807, 2.05) is 13.0 Å². The molecule has 0 aromatic heterocycles. The van der Waals surface area contributed by atoms with Crippen LogP contribution < -0.4 is 15.8 Å². The lowest BCUT2D eigenvalue weighted by Gasteiger charge is -2.16. The highest BCUT2D eigenvalue weighted by Crippen LogP contribution is 2.30. The van der Waals surface area contributed by atoms with E-state index >= 15 is 0 Å². The Bertz CT molecular complexity index is 335. The summed E-state index contributed by atoms with van der Waals surface area (Å²) in [5, 5.41) is 3.16. The Kier molecular flexibility index (Phi) is 3.36. The molecule has 0 unspecified atom stereocenters. The molecule has 0 atom stereocenters. The lowest BCUT2D eigenvalue weighted by atomic mass is 10.0. The Hall–Kier alpha value is -1.22. The zero-order valence-corrected chi connectivity index (χ0v) is 9.27. The van der Waals surface area contributed by atoms with Gasteiger partial charge in [0.05, 0.1) is 13.8 Å². The number of hydrogen-bond donors (Lipinski definition) is 2. The van der Waals surface area contributed by atoms with Crippen LogP contribution in [0.4, 0.5) is 5.69 Å². The highest BCUT2D eigenvalue weighted by Gasteiger charge is 2.09. The SMILES string of the molecule is COc1cc(C)c(NCN)c(C)c1C. The molecule has 78 valence electrons. The predicted octanol–water partition coefficient (Wildman–Crippen LogP) is 1.95. The Morgan fingerprint density at radius 2 is 1.93 bits per heavy atom. The lowest BCUT2D eigenvalue weighted by molar-refractivity contribution is 0.411. The summed E-state index contributed by atoms with van der Waals surface area (Å²) >= 11 is 0. The average Bonchev–Trinajstić information content (AvgIpc) is 2.18. The maximum atomic E-state index is 5.48. The first-order chi connectivity index (χ1) is 6.61. The number of methoxy groups -OCH3 is 1. The monoisotopic (exact) mass is 194 g/mol. The third-order valence-electron chi connectivity index (χ3n) is 2.55. The van der Waals surface area contributed by atoms with Crippen molar-refractivity contribution in [2.24, 2.45) is 5.73 Å². The molecule has 1 aromatic carbocycles. The van der Waals surface area contributed by atoms with Gasteiger partial charge in [0.1, 0.15) is 5.75 Å². The summed E-state index contributed by atoms with van der Waals surface area (Å²) in [7, 11) is 1.69. The molecule has 0 aliphatic rings. The Balaban J connectivity index is 3.26. The quantitative estimate of drug-likeness (QED) is 0.723. The van der Waals surface area contributed by atoms with Gasteiger partial charge in [-0.2, -0.15) is 0 Å². The van der Waals surface area contributed by atoms with E-state index in [-0.39, 0.29) is 0 Å². The number of anilines is 1. The van der Waals surface area contributed by atoms with Crippen molar-refractivity contribution in [2.45, 2.75) is 20.8 Å². The van der Waals surface area contributed by atoms with E-state index in [2.05, 4.69) is 19.2 Å². The van der Waals surface area contributed by atoms with Gasteiger partial charge in [0.15, 0.2) is 0 Å². The summed E-state index contributed by atoms with van der Waals surface area (Å²) in [4.78, 5) is 0. The van der Waals surface area contributed by atoms with Crippen LogP contribution in [0.15, 0.2) is 6.07 Å². The average molecular weight is 194 g/mol. The first-order valence-electron chi connectivity index (χ1n) is 4.70. The third-order valence-corrected chi connectivity index (χ3v) is 2.55. The van der Waals surface area contributed by atoms with Crippen molar-refractivity contribution in [1.82, 2.24) is 0 Å². The van der Waals surface area contributed by atoms with Gasteiger partial charge in [0, 0.05) is 5.69 Å². The van der Waals surface area contributed by atoms with Gasteiger partial charge in [0.25, 0.3) is 0 Å². The molecular formula is C11H18N2O. The minimum absolute atomic E-state index is 0.452. The van der Waals surface area contributed by atoms with Gasteiger partial charge in [-0.3, -0.25) is 0 Å². The van der Waals surface area contributed by atoms with Crippen LogP contribution in [0.1, 0.15) is 16.7 Å². The van der Waals surface area contributed by atoms with Crippen molar-refractivity contribution < 1.29 is 4.74 Å². The number of benzene rings is 1. The largest absolute Gasteiger partial charge is 0.496 e. The summed E-state index contributed by atoms with van der Waals surface area (Å²) in [6.45, 7) is 6.62. The number of rotatable bonds is 3. The van der Waals surface area contributed by atoms with Crippen LogP contribution in [0, 0.1) is 20.8 Å². The number of aryl methyl sites for hydroxylation is 1. The molecule has 0 heterocycles. The van der Waals surface area contributed by atoms with Crippen molar-refractivity contribution in [3.8, 4) is 5.75 Å². The van der Waals surface area contributed by atoms with Crippen LogP contribution >= 0.6 is 0 Å². The minimum atomic E-state index is 0.452. The van der Waals surface area contributed by atoms with Crippen LogP contribution in [0.5, 0.6) is 5.75 Å². The minimum Gasteiger partial charge on any atom is -0.496 e. The second kappa shape index (κ2) is 4.33. The molecule has 3 N–H and O–H groups in total. The molecule has 0 amide bonds. The Morgan fingerprint density at radius 3 is 2.43 bits per heavy atom. The van der Waals surface area contributed by atoms with E-state index in [0.29, 0.717) is 6.67 Å². The van der Waals surface area contributed by atoms with E-state index in [9.17, 15) is 0 Å². The maximum absolute atomic E-state index is 5.48. The summed E-state index contributed by atoms with van der Waals surface area (Å²) in [6, 6.07) is 2.03. The van der Waals surface area contributed by atoms with Gasteiger partial charge >= 0.3 is 0 Å². The first kappa shape index (κ1) is 10.9. The molecule has 0 aliphatic carbocycles. The number of nitrogens with one attached hydrogen (secondary N) is 1. The number of nitrogens with two attached hydrogens (primary N) is 1. The third kappa shape index (κ3) is 1.82. The van der Waals surface area contributed by atoms with Crippen molar-refractivity contribution in [3.63, 3.8) is 0 Å². The van der Waals surface area contributed by atoms with Gasteiger partial charge in [-0.1, -0.05) is 0 Å². The summed E-state index contributed by atoms with van der Waals surface area (Å²) in [5.41, 5.74) is 10.1. The van der Waals surface area contributed by atoms with E-state index in [4.69, 9.17) is 10.5 Å². The highest BCUT2D eigenvalue weighted by atomic mass is 16.5. The van der Waals surface area contributed by atoms with Crippen LogP contribution in [0.2, 0.25) is 0 Å². The highest BCUT2D eigenvalue weighted by molar-refractivity contribution is 5.63. The van der Waals surface area contributed by atoms with Gasteiger partial charge in [-0.25, -0.2) is 0 Å². The fourth-order valence-electron chi connectivity index (χ4n) is 1.63. The van der Waals surface area contributed by atoms with Gasteiger partial charge < -0.3 is 15.8 Å². The van der Waals surface area contributed by atoms with Crippen LogP contribution in [0.3, 0.4) is 0 Å². The molecule has 1 aromatic rings. The predicted molar refractivity (Wildman–Crippen MR) is 59.9 cm³/mol. The zero-order valence-electron chi connectivity index (χ0n) is 9.27. The first-order valence-corrected chi connectivity index (χ1v) is 4.70. The van der Waals surface area contributed by atoms with Crippen molar-refractivity contribution >= 4 is 5.69 Å². The fourth-order valence-corrected chi connectivity index (χ4v) is 1.63. The molecule has 0 spiro atoms. The van der Waals surface area contributed by atoms with Crippen molar-refractivity contribution in [3.05, 3.63) is 22.8 Å². The molecule has 0 aliphatic heterocycles. The fraction of sp³-hybridized carbons (Fsp3) is 0.455. The van der Waals surface area contributed by atoms with E-state index in [1.54, 1.807) is 7.11 Å². The second-order valence-corrected chi connectivity index (χ2v) is 3.40. The normalized spacial score (nSPS) is 10.1. The topological polar surface area (TPSA) is 47.3 Å². The molecule has 0 saturated heterocycles. The second-order valence-electron chi connectivity index (χ2n) is 3.40. The molecular weight excluding hydrogens is 176 g/mol. The summed E-state index contributed by atoms with van der Waals surface area (Å²) in [5.74, 6) is 0.933. The number of ether oxygens (including phenoxy) is 1. The van der Waals surface area contributed by atoms with Crippen LogP contribution in [-0.2, 0) is 0 Å². The van der Waals surface area contributed by atoms with Crippen LogP contribution in [0.25, 0.3) is 0 Å². The molecule has 0 fully saturated rings. The molecule has 0 bridgehead atoms. The molecule has 3 heteroatoms. The van der Waals surface area contributed by atoms with Gasteiger partial charge in [-0.15, -0.1) is 0 Å². The van der Waals surface area contributed by atoms with Gasteiger partial charge in [-0.05, 0) is 43.5 Å². The Morgan fingerprint density at radius 1 is 1.29 bits per heavy atom. The molecule has 1 rings (SSSR count). The zero-order chi connectivity index (χ0) is 10.7. The Labute approximate surface area is 85.3 Å². The summed E-state index contributed by atoms with van der Waals surface area (Å²) in [6.07, 6.45) is 0.